The molecule has 0 aliphatic heterocycles. The number of guanidine groups is 1. The van der Waals surface area contributed by atoms with Crippen molar-refractivity contribution in [3.05, 3.63) is 65.1 Å². The average molecular weight is 400 g/mol. The van der Waals surface area contributed by atoms with Crippen LogP contribution in [0.3, 0.4) is 0 Å². The third-order valence-corrected chi connectivity index (χ3v) is 4.69. The van der Waals surface area contributed by atoms with Gasteiger partial charge in [0.2, 0.25) is 0 Å². The van der Waals surface area contributed by atoms with Crippen molar-refractivity contribution < 1.29 is 4.74 Å². The highest BCUT2D eigenvalue weighted by atomic mass is 35.5. The Bertz CT molecular complexity index is 904. The van der Waals surface area contributed by atoms with Crippen LogP contribution in [-0.2, 0) is 12.8 Å². The first-order valence-electron chi connectivity index (χ1n) is 9.47. The van der Waals surface area contributed by atoms with E-state index in [-0.39, 0.29) is 0 Å². The molecule has 6 nitrogen and oxygen atoms in total. The molecule has 0 saturated carbocycles. The summed E-state index contributed by atoms with van der Waals surface area (Å²) in [6.45, 7) is 4.28. The van der Waals surface area contributed by atoms with Gasteiger partial charge in [-0.15, -0.1) is 0 Å². The van der Waals surface area contributed by atoms with Crippen LogP contribution in [0.5, 0.6) is 5.75 Å². The third-order valence-electron chi connectivity index (χ3n) is 4.34. The lowest BCUT2D eigenvalue weighted by Crippen LogP contribution is -2.38. The number of imidazole rings is 1. The van der Waals surface area contributed by atoms with Crippen molar-refractivity contribution in [3.63, 3.8) is 0 Å². The second-order valence-electron chi connectivity index (χ2n) is 6.34. The first-order valence-corrected chi connectivity index (χ1v) is 9.84. The van der Waals surface area contributed by atoms with Crippen molar-refractivity contribution in [2.75, 3.05) is 26.7 Å². The van der Waals surface area contributed by atoms with Crippen molar-refractivity contribution in [3.8, 4) is 5.75 Å². The molecule has 0 aliphatic rings. The summed E-state index contributed by atoms with van der Waals surface area (Å²) >= 11 is 6.31. The fourth-order valence-corrected chi connectivity index (χ4v) is 3.17. The van der Waals surface area contributed by atoms with Crippen LogP contribution >= 0.6 is 11.6 Å². The molecule has 2 aromatic heterocycles. The van der Waals surface area contributed by atoms with Crippen molar-refractivity contribution in [2.24, 2.45) is 4.99 Å². The number of pyridine rings is 1. The minimum Gasteiger partial charge on any atom is -0.497 e. The van der Waals surface area contributed by atoms with Crippen molar-refractivity contribution >= 4 is 23.2 Å². The van der Waals surface area contributed by atoms with Crippen molar-refractivity contribution in [1.29, 1.82) is 0 Å². The molecule has 0 saturated heterocycles. The number of nitrogens with one attached hydrogen (secondary N) is 2. The second-order valence-corrected chi connectivity index (χ2v) is 6.75. The fraction of sp³-hybridized carbons (Fsp3) is 0.333. The van der Waals surface area contributed by atoms with Gasteiger partial charge in [0.15, 0.2) is 5.96 Å². The van der Waals surface area contributed by atoms with E-state index in [9.17, 15) is 0 Å². The van der Waals surface area contributed by atoms with E-state index in [0.29, 0.717) is 6.54 Å². The highest BCUT2D eigenvalue weighted by Crippen LogP contribution is 2.22. The molecular formula is C21H26ClN5O. The lowest BCUT2D eigenvalue weighted by molar-refractivity contribution is 0.414. The molecule has 1 aromatic carbocycles. The molecule has 3 aromatic rings. The number of ether oxygens (including phenoxy) is 1. The Morgan fingerprint density at radius 3 is 2.86 bits per heavy atom. The van der Waals surface area contributed by atoms with Crippen LogP contribution in [0.15, 0.2) is 53.8 Å². The van der Waals surface area contributed by atoms with Crippen LogP contribution in [0.1, 0.15) is 18.2 Å². The number of benzene rings is 1. The first kappa shape index (κ1) is 20.0. The summed E-state index contributed by atoms with van der Waals surface area (Å²) < 4.78 is 7.22. The fourth-order valence-electron chi connectivity index (χ4n) is 2.90. The Morgan fingerprint density at radius 1 is 1.21 bits per heavy atom. The molecule has 0 amide bonds. The molecule has 0 unspecified atom stereocenters. The lowest BCUT2D eigenvalue weighted by Gasteiger charge is -2.12. The van der Waals surface area contributed by atoms with Crippen molar-refractivity contribution in [2.45, 2.75) is 19.8 Å². The summed E-state index contributed by atoms with van der Waals surface area (Å²) in [6.07, 6.45) is 5.66. The van der Waals surface area contributed by atoms with E-state index < -0.39 is 0 Å². The molecule has 0 atom stereocenters. The monoisotopic (exact) mass is 399 g/mol. The molecule has 3 rings (SSSR count). The van der Waals surface area contributed by atoms with Gasteiger partial charge < -0.3 is 19.8 Å². The Balaban J connectivity index is 1.52. The molecule has 0 fully saturated rings. The molecule has 28 heavy (non-hydrogen) atoms. The van der Waals surface area contributed by atoms with Gasteiger partial charge in [-0.1, -0.05) is 23.7 Å². The van der Waals surface area contributed by atoms with E-state index in [0.717, 1.165) is 59.6 Å². The van der Waals surface area contributed by atoms with Gasteiger partial charge in [0.05, 0.1) is 12.8 Å². The van der Waals surface area contributed by atoms with Gasteiger partial charge in [0.1, 0.15) is 11.4 Å². The quantitative estimate of drug-likeness (QED) is 0.450. The summed E-state index contributed by atoms with van der Waals surface area (Å²) in [5, 5.41) is 7.35. The Labute approximate surface area is 170 Å². The number of hydrogen-bond donors (Lipinski definition) is 2. The number of hydrogen-bond acceptors (Lipinski definition) is 3. The van der Waals surface area contributed by atoms with Gasteiger partial charge in [-0.2, -0.15) is 0 Å². The lowest BCUT2D eigenvalue weighted by atomic mass is 10.1. The van der Waals surface area contributed by atoms with E-state index >= 15 is 0 Å². The Kier molecular flexibility index (Phi) is 7.14. The zero-order valence-electron chi connectivity index (χ0n) is 16.3. The molecule has 0 spiro atoms. The molecular weight excluding hydrogens is 374 g/mol. The largest absolute Gasteiger partial charge is 0.497 e. The summed E-state index contributed by atoms with van der Waals surface area (Å²) in [7, 11) is 1.64. The van der Waals surface area contributed by atoms with Gasteiger partial charge >= 0.3 is 0 Å². The number of aromatic nitrogens is 2. The number of halogens is 1. The predicted molar refractivity (Wildman–Crippen MR) is 115 cm³/mol. The Morgan fingerprint density at radius 2 is 2.11 bits per heavy atom. The smallest absolute Gasteiger partial charge is 0.191 e. The highest BCUT2D eigenvalue weighted by Gasteiger charge is 2.04. The number of methoxy groups -OCH3 is 1. The molecule has 148 valence electrons. The van der Waals surface area contributed by atoms with Crippen LogP contribution < -0.4 is 15.4 Å². The number of nitrogens with zero attached hydrogens (tertiary/aromatic N) is 3. The normalized spacial score (nSPS) is 11.6. The molecule has 0 radical (unpaired) electrons. The Hall–Kier alpha value is -2.73. The highest BCUT2D eigenvalue weighted by molar-refractivity contribution is 6.31. The average Bonchev–Trinajstić information content (AvgIpc) is 3.12. The standard InChI is InChI=1S/C21H26ClN5O/c1-3-23-21(24-11-9-16-7-8-18(28-2)14-19(16)22)25-12-10-17-15-27-13-5-4-6-20(27)26-17/h4-8,13-15H,3,9-12H2,1-2H3,(H2,23,24,25). The summed E-state index contributed by atoms with van der Waals surface area (Å²) in [5.41, 5.74) is 3.08. The molecule has 2 heterocycles. The topological polar surface area (TPSA) is 63.0 Å². The van der Waals surface area contributed by atoms with Crippen LogP contribution in [0, 0.1) is 0 Å². The third kappa shape index (κ3) is 5.39. The maximum atomic E-state index is 6.31. The number of fused-ring (bicyclic) bond motifs is 1. The second kappa shape index (κ2) is 9.99. The van der Waals surface area contributed by atoms with Crippen LogP contribution in [0.25, 0.3) is 5.65 Å². The summed E-state index contributed by atoms with van der Waals surface area (Å²) in [6, 6.07) is 11.8. The maximum absolute atomic E-state index is 6.31. The van der Waals surface area contributed by atoms with Gasteiger partial charge in [0, 0.05) is 43.5 Å². The maximum Gasteiger partial charge on any atom is 0.191 e. The van der Waals surface area contributed by atoms with E-state index in [2.05, 4.69) is 33.7 Å². The zero-order chi connectivity index (χ0) is 19.8. The first-order chi connectivity index (χ1) is 13.7. The van der Waals surface area contributed by atoms with Crippen LogP contribution in [0.4, 0.5) is 0 Å². The summed E-state index contributed by atoms with van der Waals surface area (Å²) in [5.74, 6) is 1.57. The van der Waals surface area contributed by atoms with Gasteiger partial charge in [-0.25, -0.2) is 4.98 Å². The van der Waals surface area contributed by atoms with E-state index in [1.54, 1.807) is 7.11 Å². The van der Waals surface area contributed by atoms with Gasteiger partial charge in [0.25, 0.3) is 0 Å². The molecule has 0 aliphatic carbocycles. The van der Waals surface area contributed by atoms with E-state index in [1.807, 2.05) is 47.0 Å². The molecule has 0 bridgehead atoms. The SMILES string of the molecule is CCNC(=NCCc1cn2ccccc2n1)NCCc1ccc(OC)cc1Cl. The minimum atomic E-state index is 0.669. The predicted octanol–water partition coefficient (Wildman–Crippen LogP) is 3.34. The van der Waals surface area contributed by atoms with E-state index in [4.69, 9.17) is 16.3 Å². The molecule has 7 heteroatoms. The van der Waals surface area contributed by atoms with Crippen LogP contribution in [0.2, 0.25) is 5.02 Å². The van der Waals surface area contributed by atoms with Gasteiger partial charge in [-0.3, -0.25) is 4.99 Å². The number of aliphatic imine (C=N–C) groups is 1. The van der Waals surface area contributed by atoms with E-state index in [1.165, 1.54) is 0 Å². The van der Waals surface area contributed by atoms with Crippen molar-refractivity contribution in [1.82, 2.24) is 20.0 Å². The number of rotatable bonds is 8. The zero-order valence-corrected chi connectivity index (χ0v) is 17.0. The molecule has 2 N–H and O–H groups in total. The van der Waals surface area contributed by atoms with Crippen LogP contribution in [-0.4, -0.2) is 42.1 Å². The summed E-state index contributed by atoms with van der Waals surface area (Å²) in [4.78, 5) is 9.26. The van der Waals surface area contributed by atoms with Gasteiger partial charge in [-0.05, 0) is 43.2 Å². The minimum absolute atomic E-state index is 0.669.